The zero-order valence-corrected chi connectivity index (χ0v) is 23.9. The summed E-state index contributed by atoms with van der Waals surface area (Å²) in [6.07, 6.45) is 9.79. The highest BCUT2D eigenvalue weighted by Crippen LogP contribution is 2.35. The van der Waals surface area contributed by atoms with Gasteiger partial charge in [-0.15, -0.1) is 11.0 Å². The standard InChI is InChI=1S/C29H36N2O5S2/c1-5-8-9-10-11-19-36-25-17-14-23(20-26(25)35-4)21-27-28(32)31(18-6-2)29(37-27)30-38(33,34)24-15-12-22(7-3)13-16-24/h6,12-17,20-21H,2,5,7-11,18-19H2,1,3-4H3/b27-21-,30-29?. The lowest BCUT2D eigenvalue weighted by Crippen LogP contribution is -2.29. The molecule has 1 heterocycles. The van der Waals surface area contributed by atoms with E-state index in [4.69, 9.17) is 9.47 Å². The van der Waals surface area contributed by atoms with E-state index in [2.05, 4.69) is 17.9 Å². The highest BCUT2D eigenvalue weighted by atomic mass is 32.2. The van der Waals surface area contributed by atoms with E-state index >= 15 is 0 Å². The molecule has 0 spiro atoms. The Balaban J connectivity index is 1.80. The number of carbonyl (C=O) groups excluding carboxylic acids is 1. The number of amides is 1. The number of thioether (sulfide) groups is 1. The number of hydrogen-bond donors (Lipinski definition) is 0. The van der Waals surface area contributed by atoms with Crippen LogP contribution in [0.3, 0.4) is 0 Å². The minimum absolute atomic E-state index is 0.0805. The molecule has 1 aliphatic rings. The second-order valence-corrected chi connectivity index (χ2v) is 11.4. The van der Waals surface area contributed by atoms with Gasteiger partial charge in [0.1, 0.15) is 0 Å². The molecule has 0 saturated carbocycles. The minimum Gasteiger partial charge on any atom is -0.493 e. The van der Waals surface area contributed by atoms with Crippen molar-refractivity contribution in [3.8, 4) is 11.5 Å². The molecule has 3 rings (SSSR count). The number of nitrogens with zero attached hydrogens (tertiary/aromatic N) is 2. The van der Waals surface area contributed by atoms with Crippen molar-refractivity contribution in [1.29, 1.82) is 0 Å². The van der Waals surface area contributed by atoms with E-state index < -0.39 is 10.0 Å². The predicted molar refractivity (Wildman–Crippen MR) is 155 cm³/mol. The Bertz CT molecular complexity index is 1280. The lowest BCUT2D eigenvalue weighted by molar-refractivity contribution is -0.121. The summed E-state index contributed by atoms with van der Waals surface area (Å²) in [5, 5.41) is 0.0932. The van der Waals surface area contributed by atoms with E-state index in [1.54, 1.807) is 31.4 Å². The maximum absolute atomic E-state index is 13.1. The van der Waals surface area contributed by atoms with Gasteiger partial charge in [0, 0.05) is 6.54 Å². The van der Waals surface area contributed by atoms with Crippen molar-refractivity contribution < 1.29 is 22.7 Å². The van der Waals surface area contributed by atoms with Crippen LogP contribution in [0, 0.1) is 0 Å². The molecule has 38 heavy (non-hydrogen) atoms. The molecule has 9 heteroatoms. The van der Waals surface area contributed by atoms with Crippen LogP contribution in [0.1, 0.15) is 57.1 Å². The lowest BCUT2D eigenvalue weighted by Gasteiger charge is -2.12. The average molecular weight is 557 g/mol. The van der Waals surface area contributed by atoms with E-state index in [-0.39, 0.29) is 22.5 Å². The molecule has 0 bridgehead atoms. The van der Waals surface area contributed by atoms with Gasteiger partial charge < -0.3 is 9.47 Å². The summed E-state index contributed by atoms with van der Waals surface area (Å²) in [7, 11) is -2.42. The summed E-state index contributed by atoms with van der Waals surface area (Å²) in [4.78, 5) is 14.9. The molecular formula is C29H36N2O5S2. The first-order valence-corrected chi connectivity index (χ1v) is 15.2. The zero-order valence-electron chi connectivity index (χ0n) is 22.3. The van der Waals surface area contributed by atoms with Crippen LogP contribution in [0.15, 0.2) is 69.3 Å². The molecule has 0 aliphatic carbocycles. The fourth-order valence-electron chi connectivity index (χ4n) is 3.85. The number of methoxy groups -OCH3 is 1. The molecule has 0 atom stereocenters. The number of sulfonamides is 1. The van der Waals surface area contributed by atoms with Gasteiger partial charge in [0.2, 0.25) is 0 Å². The number of carbonyl (C=O) groups is 1. The number of amidine groups is 1. The Hall–Kier alpha value is -3.04. The van der Waals surface area contributed by atoms with Crippen LogP contribution >= 0.6 is 11.8 Å². The number of aryl methyl sites for hydroxylation is 1. The van der Waals surface area contributed by atoms with Crippen LogP contribution in [0.5, 0.6) is 11.5 Å². The van der Waals surface area contributed by atoms with Crippen molar-refractivity contribution in [3.63, 3.8) is 0 Å². The van der Waals surface area contributed by atoms with E-state index in [0.29, 0.717) is 23.0 Å². The first-order chi connectivity index (χ1) is 18.3. The SMILES string of the molecule is C=CCN1C(=O)/C(=C/c2ccc(OCCCCCCC)c(OC)c2)SC1=NS(=O)(=O)c1ccc(CC)cc1. The van der Waals surface area contributed by atoms with Crippen LogP contribution in [-0.2, 0) is 21.2 Å². The van der Waals surface area contributed by atoms with E-state index in [1.165, 1.54) is 42.4 Å². The van der Waals surface area contributed by atoms with Gasteiger partial charge in [-0.1, -0.05) is 63.8 Å². The number of benzene rings is 2. The van der Waals surface area contributed by atoms with Crippen LogP contribution in [-0.4, -0.2) is 44.7 Å². The van der Waals surface area contributed by atoms with Crippen molar-refractivity contribution in [2.75, 3.05) is 20.3 Å². The molecule has 1 amide bonds. The van der Waals surface area contributed by atoms with Crippen molar-refractivity contribution in [3.05, 3.63) is 71.2 Å². The Morgan fingerprint density at radius 1 is 1.03 bits per heavy atom. The van der Waals surface area contributed by atoms with Crippen molar-refractivity contribution in [2.24, 2.45) is 4.40 Å². The summed E-state index contributed by atoms with van der Waals surface area (Å²) < 4.78 is 41.4. The molecule has 7 nitrogen and oxygen atoms in total. The Morgan fingerprint density at radius 3 is 2.42 bits per heavy atom. The zero-order chi connectivity index (χ0) is 27.5. The summed E-state index contributed by atoms with van der Waals surface area (Å²) in [6.45, 7) is 8.63. The van der Waals surface area contributed by atoms with Crippen molar-refractivity contribution >= 4 is 38.9 Å². The van der Waals surface area contributed by atoms with Gasteiger partial charge in [-0.25, -0.2) is 0 Å². The number of hydrogen-bond acceptors (Lipinski definition) is 6. The number of unbranched alkanes of at least 4 members (excludes halogenated alkanes) is 4. The topological polar surface area (TPSA) is 85.3 Å². The molecule has 1 fully saturated rings. The number of rotatable bonds is 14. The second-order valence-electron chi connectivity index (χ2n) is 8.83. The summed E-state index contributed by atoms with van der Waals surface area (Å²) in [6, 6.07) is 12.1. The molecule has 204 valence electrons. The molecule has 1 saturated heterocycles. The highest BCUT2D eigenvalue weighted by molar-refractivity contribution is 8.19. The third-order valence-electron chi connectivity index (χ3n) is 6.02. The van der Waals surface area contributed by atoms with Crippen molar-refractivity contribution in [1.82, 2.24) is 4.90 Å². The Morgan fingerprint density at radius 2 is 1.76 bits per heavy atom. The first kappa shape index (κ1) is 29.5. The smallest absolute Gasteiger partial charge is 0.284 e. The molecule has 2 aromatic carbocycles. The largest absolute Gasteiger partial charge is 0.493 e. The van der Waals surface area contributed by atoms with E-state index in [1.807, 2.05) is 19.1 Å². The maximum Gasteiger partial charge on any atom is 0.284 e. The molecular weight excluding hydrogens is 520 g/mol. The molecule has 1 aliphatic heterocycles. The van der Waals surface area contributed by atoms with Crippen LogP contribution in [0.4, 0.5) is 0 Å². The third-order valence-corrected chi connectivity index (χ3v) is 8.42. The highest BCUT2D eigenvalue weighted by Gasteiger charge is 2.34. The Kier molecular flexibility index (Phi) is 11.0. The third kappa shape index (κ3) is 7.74. The normalized spacial score (nSPS) is 15.9. The average Bonchev–Trinajstić information content (AvgIpc) is 3.19. The van der Waals surface area contributed by atoms with Gasteiger partial charge in [-0.2, -0.15) is 8.42 Å². The molecule has 0 unspecified atom stereocenters. The summed E-state index contributed by atoms with van der Waals surface area (Å²) in [5.41, 5.74) is 1.75. The van der Waals surface area contributed by atoms with Gasteiger partial charge in [-0.05, 0) is 66.1 Å². The van der Waals surface area contributed by atoms with Crippen LogP contribution < -0.4 is 9.47 Å². The van der Waals surface area contributed by atoms with Gasteiger partial charge in [0.25, 0.3) is 15.9 Å². The van der Waals surface area contributed by atoms with Gasteiger partial charge in [0.05, 0.1) is 23.5 Å². The van der Waals surface area contributed by atoms with Crippen LogP contribution in [0.25, 0.3) is 6.08 Å². The second kappa shape index (κ2) is 14.2. The maximum atomic E-state index is 13.1. The van der Waals surface area contributed by atoms with Gasteiger partial charge in [-0.3, -0.25) is 9.69 Å². The first-order valence-electron chi connectivity index (χ1n) is 12.9. The van der Waals surface area contributed by atoms with Gasteiger partial charge in [0.15, 0.2) is 16.7 Å². The van der Waals surface area contributed by atoms with Crippen molar-refractivity contribution in [2.45, 2.75) is 57.3 Å². The number of ether oxygens (including phenoxy) is 2. The summed E-state index contributed by atoms with van der Waals surface area (Å²) in [5.74, 6) is 0.876. The quantitative estimate of drug-likeness (QED) is 0.151. The van der Waals surface area contributed by atoms with Gasteiger partial charge >= 0.3 is 0 Å². The predicted octanol–water partition coefficient (Wildman–Crippen LogP) is 6.45. The monoisotopic (exact) mass is 556 g/mol. The Labute approximate surface area is 230 Å². The van der Waals surface area contributed by atoms with Crippen LogP contribution in [0.2, 0.25) is 0 Å². The molecule has 0 N–H and O–H groups in total. The fourth-order valence-corrected chi connectivity index (χ4v) is 6.04. The molecule has 2 aromatic rings. The van der Waals surface area contributed by atoms with E-state index in [9.17, 15) is 13.2 Å². The molecule has 0 radical (unpaired) electrons. The molecule has 0 aromatic heterocycles. The minimum atomic E-state index is -4.00. The fraction of sp³-hybridized carbons (Fsp3) is 0.379. The summed E-state index contributed by atoms with van der Waals surface area (Å²) >= 11 is 1.02. The lowest BCUT2D eigenvalue weighted by atomic mass is 10.1. The van der Waals surface area contributed by atoms with E-state index in [0.717, 1.165) is 42.2 Å².